The summed E-state index contributed by atoms with van der Waals surface area (Å²) in [6.45, 7) is 0.0173. The molecule has 1 aliphatic heterocycles. The Balaban J connectivity index is 1.68. The van der Waals surface area contributed by atoms with Crippen molar-refractivity contribution in [2.45, 2.75) is 4.90 Å². The molecule has 1 aliphatic rings. The minimum atomic E-state index is -3.87. The highest BCUT2D eigenvalue weighted by atomic mass is 35.5. The molecule has 0 saturated carbocycles. The van der Waals surface area contributed by atoms with Crippen molar-refractivity contribution in [3.05, 3.63) is 70.3 Å². The Morgan fingerprint density at radius 1 is 0.893 bits per heavy atom. The second kappa shape index (κ2) is 8.30. The van der Waals surface area contributed by atoms with Crippen LogP contribution >= 0.6 is 11.6 Å². The Hall–Kier alpha value is -1.78. The Morgan fingerprint density at radius 3 is 2.11 bits per heavy atom. The predicted octanol–water partition coefficient (Wildman–Crippen LogP) is 2.79. The van der Waals surface area contributed by atoms with E-state index in [2.05, 4.69) is 0 Å². The van der Waals surface area contributed by atoms with Crippen molar-refractivity contribution in [1.82, 2.24) is 8.61 Å². The smallest absolute Gasteiger partial charge is 0.208 e. The van der Waals surface area contributed by atoms with Gasteiger partial charge in [0.05, 0.1) is 4.90 Å². The molecule has 0 aromatic heterocycles. The average Bonchev–Trinajstić information content (AvgIpc) is 2.68. The number of halogens is 2. The van der Waals surface area contributed by atoms with Crippen LogP contribution in [0.1, 0.15) is 5.56 Å². The summed E-state index contributed by atoms with van der Waals surface area (Å²) >= 11 is 5.80. The quantitative estimate of drug-likeness (QED) is 0.710. The summed E-state index contributed by atoms with van der Waals surface area (Å²) < 4.78 is 65.9. The molecule has 0 aliphatic carbocycles. The largest absolute Gasteiger partial charge is 0.243 e. The van der Waals surface area contributed by atoms with E-state index >= 15 is 0 Å². The molecule has 150 valence electrons. The van der Waals surface area contributed by atoms with E-state index in [1.165, 1.54) is 22.5 Å². The van der Waals surface area contributed by atoms with Crippen LogP contribution in [0.25, 0.3) is 6.08 Å². The lowest BCUT2D eigenvalue weighted by Crippen LogP contribution is -2.49. The van der Waals surface area contributed by atoms with Gasteiger partial charge in [-0.1, -0.05) is 29.8 Å². The first-order valence-electron chi connectivity index (χ1n) is 8.38. The zero-order valence-corrected chi connectivity index (χ0v) is 17.1. The van der Waals surface area contributed by atoms with Crippen molar-refractivity contribution in [3.63, 3.8) is 0 Å². The molecule has 28 heavy (non-hydrogen) atoms. The maximum absolute atomic E-state index is 13.3. The molecule has 1 heterocycles. The summed E-state index contributed by atoms with van der Waals surface area (Å²) in [6, 6.07) is 11.5. The lowest BCUT2D eigenvalue weighted by Gasteiger charge is -2.32. The van der Waals surface area contributed by atoms with Gasteiger partial charge in [-0.25, -0.2) is 21.2 Å². The molecule has 1 fully saturated rings. The minimum Gasteiger partial charge on any atom is -0.208 e. The Bertz CT molecular complexity index is 1080. The van der Waals surface area contributed by atoms with Crippen LogP contribution in [0.4, 0.5) is 4.39 Å². The van der Waals surface area contributed by atoms with Gasteiger partial charge in [-0.05, 0) is 42.0 Å². The lowest BCUT2D eigenvalue weighted by atomic mass is 10.2. The Labute approximate surface area is 168 Å². The van der Waals surface area contributed by atoms with Crippen LogP contribution < -0.4 is 0 Å². The molecule has 6 nitrogen and oxygen atoms in total. The van der Waals surface area contributed by atoms with Crippen molar-refractivity contribution < 1.29 is 21.2 Å². The van der Waals surface area contributed by atoms with Crippen LogP contribution in [-0.2, 0) is 20.0 Å². The highest BCUT2D eigenvalue weighted by Crippen LogP contribution is 2.20. The van der Waals surface area contributed by atoms with E-state index in [0.29, 0.717) is 10.6 Å². The second-order valence-electron chi connectivity index (χ2n) is 6.16. The number of hydrogen-bond donors (Lipinski definition) is 0. The maximum atomic E-state index is 13.3. The van der Waals surface area contributed by atoms with E-state index in [-0.39, 0.29) is 31.1 Å². The fraction of sp³-hybridized carbons (Fsp3) is 0.222. The molecule has 0 amide bonds. The zero-order chi connectivity index (χ0) is 20.4. The molecule has 0 N–H and O–H groups in total. The van der Waals surface area contributed by atoms with Gasteiger partial charge in [0.1, 0.15) is 5.82 Å². The van der Waals surface area contributed by atoms with E-state index in [1.807, 2.05) is 0 Å². The summed E-state index contributed by atoms with van der Waals surface area (Å²) in [6.07, 6.45) is 1.46. The molecule has 0 unspecified atom stereocenters. The summed E-state index contributed by atoms with van der Waals surface area (Å²) in [5.41, 5.74) is 0.681. The zero-order valence-electron chi connectivity index (χ0n) is 14.7. The number of sulfonamides is 2. The SMILES string of the molecule is O=S(=O)(/C=C/c1ccc(Cl)cc1)N1CCN(S(=O)(=O)c2cccc(F)c2)CC1. The number of hydrogen-bond acceptors (Lipinski definition) is 4. The van der Waals surface area contributed by atoms with Gasteiger partial charge in [0, 0.05) is 36.6 Å². The van der Waals surface area contributed by atoms with Crippen molar-refractivity contribution in [2.24, 2.45) is 0 Å². The third-order valence-electron chi connectivity index (χ3n) is 4.29. The second-order valence-corrected chi connectivity index (χ2v) is 10.4. The molecular formula is C18H18ClFN2O4S2. The average molecular weight is 445 g/mol. The third kappa shape index (κ3) is 4.79. The minimum absolute atomic E-state index is 0.00708. The molecule has 3 rings (SSSR count). The first-order chi connectivity index (χ1) is 13.2. The van der Waals surface area contributed by atoms with Crippen molar-refractivity contribution in [1.29, 1.82) is 0 Å². The predicted molar refractivity (Wildman–Crippen MR) is 106 cm³/mol. The molecule has 1 saturated heterocycles. The van der Waals surface area contributed by atoms with Gasteiger partial charge in [0.15, 0.2) is 0 Å². The number of piperazine rings is 1. The molecule has 10 heteroatoms. The molecule has 2 aromatic rings. The summed E-state index contributed by atoms with van der Waals surface area (Å²) in [5, 5.41) is 1.64. The van der Waals surface area contributed by atoms with Crippen LogP contribution in [0.3, 0.4) is 0 Å². The van der Waals surface area contributed by atoms with Crippen molar-refractivity contribution in [2.75, 3.05) is 26.2 Å². The fourth-order valence-corrected chi connectivity index (χ4v) is 5.52. The number of rotatable bonds is 5. The van der Waals surface area contributed by atoms with Crippen LogP contribution in [0.5, 0.6) is 0 Å². The lowest BCUT2D eigenvalue weighted by molar-refractivity contribution is 0.275. The highest BCUT2D eigenvalue weighted by molar-refractivity contribution is 7.92. The standard InChI is InChI=1S/C18H18ClFN2O4S2/c19-16-6-4-15(5-7-16)8-13-27(23,24)21-9-11-22(12-10-21)28(25,26)18-3-1-2-17(20)14-18/h1-8,13-14H,9-12H2/b13-8+. The van der Waals surface area contributed by atoms with Gasteiger partial charge in [0.2, 0.25) is 20.0 Å². The van der Waals surface area contributed by atoms with E-state index < -0.39 is 25.9 Å². The molecule has 0 spiro atoms. The summed E-state index contributed by atoms with van der Waals surface area (Å²) in [7, 11) is -7.57. The monoisotopic (exact) mass is 444 g/mol. The normalized spacial score (nSPS) is 17.2. The maximum Gasteiger partial charge on any atom is 0.243 e. The first kappa shape index (κ1) is 20.9. The van der Waals surface area contributed by atoms with Crippen LogP contribution in [-0.4, -0.2) is 51.6 Å². The number of benzene rings is 2. The van der Waals surface area contributed by atoms with Crippen molar-refractivity contribution in [3.8, 4) is 0 Å². The van der Waals surface area contributed by atoms with Gasteiger partial charge in [-0.2, -0.15) is 8.61 Å². The van der Waals surface area contributed by atoms with Gasteiger partial charge < -0.3 is 0 Å². The van der Waals surface area contributed by atoms with Gasteiger partial charge in [0.25, 0.3) is 0 Å². The van der Waals surface area contributed by atoms with Crippen LogP contribution in [0.15, 0.2) is 58.8 Å². The molecular weight excluding hydrogens is 427 g/mol. The summed E-state index contributed by atoms with van der Waals surface area (Å²) in [4.78, 5) is -0.147. The van der Waals surface area contributed by atoms with Gasteiger partial charge in [-0.3, -0.25) is 0 Å². The third-order valence-corrected chi connectivity index (χ3v) is 8.01. The summed E-state index contributed by atoms with van der Waals surface area (Å²) in [5.74, 6) is -0.644. The van der Waals surface area contributed by atoms with Gasteiger partial charge >= 0.3 is 0 Å². The molecule has 2 aromatic carbocycles. The molecule has 0 radical (unpaired) electrons. The number of nitrogens with zero attached hydrogens (tertiary/aromatic N) is 2. The Morgan fingerprint density at radius 2 is 1.50 bits per heavy atom. The van der Waals surface area contributed by atoms with E-state index in [0.717, 1.165) is 21.8 Å². The molecule has 0 bridgehead atoms. The van der Waals surface area contributed by atoms with E-state index in [4.69, 9.17) is 11.6 Å². The van der Waals surface area contributed by atoms with Gasteiger partial charge in [-0.15, -0.1) is 0 Å². The Kier molecular flexibility index (Phi) is 6.21. The van der Waals surface area contributed by atoms with Crippen LogP contribution in [0, 0.1) is 5.82 Å². The van der Waals surface area contributed by atoms with E-state index in [9.17, 15) is 21.2 Å². The van der Waals surface area contributed by atoms with Crippen molar-refractivity contribution >= 4 is 37.7 Å². The van der Waals surface area contributed by atoms with E-state index in [1.54, 1.807) is 24.3 Å². The first-order valence-corrected chi connectivity index (χ1v) is 11.7. The highest BCUT2D eigenvalue weighted by Gasteiger charge is 2.32. The van der Waals surface area contributed by atoms with Crippen LogP contribution in [0.2, 0.25) is 5.02 Å². The molecule has 0 atom stereocenters. The fourth-order valence-electron chi connectivity index (χ4n) is 2.77. The topological polar surface area (TPSA) is 74.8 Å².